The third kappa shape index (κ3) is 2.85. The van der Waals surface area contributed by atoms with Crippen LogP contribution in [0.5, 0.6) is 0 Å². The third-order valence-corrected chi connectivity index (χ3v) is 3.01. The minimum absolute atomic E-state index is 0. The Morgan fingerprint density at radius 2 is 1.95 bits per heavy atom. The van der Waals surface area contributed by atoms with Crippen LogP contribution in [0.15, 0.2) is 47.5 Å². The van der Waals surface area contributed by atoms with Gasteiger partial charge in [-0.2, -0.15) is 0 Å². The number of carbonyl (C=O) groups is 2. The van der Waals surface area contributed by atoms with E-state index in [2.05, 4.69) is 16.9 Å². The van der Waals surface area contributed by atoms with E-state index in [9.17, 15) is 14.7 Å². The van der Waals surface area contributed by atoms with Crippen molar-refractivity contribution >= 4 is 17.8 Å². The van der Waals surface area contributed by atoms with Gasteiger partial charge in [0.15, 0.2) is 5.41 Å². The van der Waals surface area contributed by atoms with Crippen LogP contribution in [0.2, 0.25) is 0 Å². The van der Waals surface area contributed by atoms with E-state index in [4.69, 9.17) is 0 Å². The topological polar surface area (TPSA) is 81.6 Å². The molecule has 1 N–H and O–H groups in total. The average molecular weight is 280 g/mol. The molecule has 20 heavy (non-hydrogen) atoms. The summed E-state index contributed by atoms with van der Waals surface area (Å²) in [5.74, 6) is -1.39. The quantitative estimate of drug-likeness (QED) is 0.371. The van der Waals surface area contributed by atoms with Gasteiger partial charge in [-0.3, -0.25) is 9.59 Å². The van der Waals surface area contributed by atoms with Crippen LogP contribution in [-0.4, -0.2) is 17.8 Å². The molecule has 2 amide bonds. The summed E-state index contributed by atoms with van der Waals surface area (Å²) in [7, 11) is 0. The second-order valence-electron chi connectivity index (χ2n) is 4.58. The molecule has 0 aromatic heterocycles. The van der Waals surface area contributed by atoms with Crippen LogP contribution in [0.3, 0.4) is 0 Å². The summed E-state index contributed by atoms with van der Waals surface area (Å²) < 4.78 is 0. The van der Waals surface area contributed by atoms with Gasteiger partial charge < -0.3 is 10.4 Å². The van der Waals surface area contributed by atoms with Gasteiger partial charge in [0.25, 0.3) is 5.91 Å². The number of nitrogens with one attached hydrogen (secondary N) is 1. The molecule has 0 aliphatic carbocycles. The molecule has 1 atom stereocenters. The van der Waals surface area contributed by atoms with Crippen molar-refractivity contribution < 1.29 is 44.3 Å². The molecular formula is C14H13N2NaO3. The number of aliphatic imine (C=N–C) groups is 1. The smallest absolute Gasteiger partial charge is 0.846 e. The molecule has 0 radical (unpaired) electrons. The molecule has 1 aromatic rings. The molecule has 1 aliphatic heterocycles. The largest absolute Gasteiger partial charge is 1.00 e. The SMILES string of the molecule is C=C(C)CC1(c2ccccc2)C(=O)N=C([O-])NC1=O.[Na+]. The Morgan fingerprint density at radius 3 is 2.45 bits per heavy atom. The number of amides is 2. The second-order valence-corrected chi connectivity index (χ2v) is 4.58. The summed E-state index contributed by atoms with van der Waals surface area (Å²) in [6.45, 7) is 5.47. The molecule has 2 rings (SSSR count). The number of hydrogen-bond acceptors (Lipinski definition) is 3. The maximum atomic E-state index is 12.2. The first kappa shape index (κ1) is 16.6. The van der Waals surface area contributed by atoms with E-state index in [0.717, 1.165) is 0 Å². The Kier molecular flexibility index (Phi) is 5.28. The Labute approximate surface area is 139 Å². The molecule has 5 nitrogen and oxygen atoms in total. The van der Waals surface area contributed by atoms with Crippen molar-refractivity contribution in [3.8, 4) is 0 Å². The molecular weight excluding hydrogens is 267 g/mol. The molecule has 98 valence electrons. The van der Waals surface area contributed by atoms with E-state index < -0.39 is 23.3 Å². The Hall–Kier alpha value is -1.43. The zero-order chi connectivity index (χ0) is 14.0. The van der Waals surface area contributed by atoms with Gasteiger partial charge in [0.1, 0.15) is 0 Å². The number of allylic oxidation sites excluding steroid dienone is 1. The van der Waals surface area contributed by atoms with Gasteiger partial charge >= 0.3 is 29.6 Å². The first-order chi connectivity index (χ1) is 8.96. The standard InChI is InChI=1S/C14H14N2O3.Na/c1-9(2)8-14(10-6-4-3-5-7-10)11(17)15-13(19)16-12(14)18;/h3-7H,1,8H2,2H3,(H2,15,16,17,18,19);/q;+1/p-1. The van der Waals surface area contributed by atoms with Crippen molar-refractivity contribution in [3.05, 3.63) is 48.0 Å². The van der Waals surface area contributed by atoms with Crippen LogP contribution >= 0.6 is 0 Å². The Bertz CT molecular complexity index is 583. The van der Waals surface area contributed by atoms with Gasteiger partial charge in [-0.25, -0.2) is 4.99 Å². The van der Waals surface area contributed by atoms with Gasteiger partial charge in [0.2, 0.25) is 5.91 Å². The van der Waals surface area contributed by atoms with Crippen LogP contribution in [0.4, 0.5) is 0 Å². The van der Waals surface area contributed by atoms with Gasteiger partial charge in [-0.15, -0.1) is 6.58 Å². The molecule has 0 fully saturated rings. The van der Waals surface area contributed by atoms with Crippen LogP contribution in [0, 0.1) is 0 Å². The molecule has 1 unspecified atom stereocenters. The monoisotopic (exact) mass is 280 g/mol. The number of rotatable bonds is 3. The minimum Gasteiger partial charge on any atom is -0.846 e. The summed E-state index contributed by atoms with van der Waals surface area (Å²) in [5.41, 5.74) is -0.310. The van der Waals surface area contributed by atoms with E-state index in [1.54, 1.807) is 37.3 Å². The molecule has 0 spiro atoms. The second kappa shape index (κ2) is 6.35. The average Bonchev–Trinajstić information content (AvgIpc) is 2.34. The number of amidine groups is 1. The first-order valence-corrected chi connectivity index (χ1v) is 5.78. The fraction of sp³-hybridized carbons (Fsp3) is 0.214. The van der Waals surface area contributed by atoms with Crippen LogP contribution in [-0.2, 0) is 15.0 Å². The van der Waals surface area contributed by atoms with Crippen molar-refractivity contribution in [1.82, 2.24) is 5.32 Å². The van der Waals surface area contributed by atoms with Crippen molar-refractivity contribution in [1.29, 1.82) is 0 Å². The van der Waals surface area contributed by atoms with Crippen molar-refractivity contribution in [3.63, 3.8) is 0 Å². The molecule has 1 heterocycles. The fourth-order valence-electron chi connectivity index (χ4n) is 2.20. The first-order valence-electron chi connectivity index (χ1n) is 5.78. The molecule has 0 saturated heterocycles. The minimum atomic E-state index is -1.49. The third-order valence-electron chi connectivity index (χ3n) is 3.01. The molecule has 1 aromatic carbocycles. The summed E-state index contributed by atoms with van der Waals surface area (Å²) in [6.07, 6.45) is 0.123. The van der Waals surface area contributed by atoms with Gasteiger partial charge in [0.05, 0.1) is 6.02 Å². The van der Waals surface area contributed by atoms with E-state index in [1.165, 1.54) is 0 Å². The summed E-state index contributed by atoms with van der Waals surface area (Å²) >= 11 is 0. The van der Waals surface area contributed by atoms with E-state index in [1.807, 2.05) is 0 Å². The normalized spacial score (nSPS) is 21.6. The molecule has 0 bridgehead atoms. The van der Waals surface area contributed by atoms with Crippen LogP contribution in [0.1, 0.15) is 18.9 Å². The predicted octanol–water partition coefficient (Wildman–Crippen LogP) is -2.73. The maximum Gasteiger partial charge on any atom is 1.00 e. The summed E-state index contributed by atoms with van der Waals surface area (Å²) in [6, 6.07) is 7.67. The Morgan fingerprint density at radius 1 is 1.35 bits per heavy atom. The van der Waals surface area contributed by atoms with E-state index in [0.29, 0.717) is 11.1 Å². The summed E-state index contributed by atoms with van der Waals surface area (Å²) in [4.78, 5) is 27.8. The Balaban J connectivity index is 0.00000200. The maximum absolute atomic E-state index is 12.2. The molecule has 0 saturated carbocycles. The number of hydrogen-bond donors (Lipinski definition) is 1. The summed E-state index contributed by atoms with van der Waals surface area (Å²) in [5, 5.41) is 13.2. The van der Waals surface area contributed by atoms with Crippen LogP contribution in [0.25, 0.3) is 0 Å². The van der Waals surface area contributed by atoms with Gasteiger partial charge in [0, 0.05) is 0 Å². The number of benzene rings is 1. The fourth-order valence-corrected chi connectivity index (χ4v) is 2.20. The van der Waals surface area contributed by atoms with Crippen molar-refractivity contribution in [2.45, 2.75) is 18.8 Å². The molecule has 6 heteroatoms. The number of carbonyl (C=O) groups excluding carboxylic acids is 2. The van der Waals surface area contributed by atoms with E-state index >= 15 is 0 Å². The predicted molar refractivity (Wildman–Crippen MR) is 68.1 cm³/mol. The zero-order valence-corrected chi connectivity index (χ0v) is 13.5. The van der Waals surface area contributed by atoms with Crippen LogP contribution < -0.4 is 40.0 Å². The van der Waals surface area contributed by atoms with Crippen molar-refractivity contribution in [2.24, 2.45) is 4.99 Å². The van der Waals surface area contributed by atoms with Crippen molar-refractivity contribution in [2.75, 3.05) is 0 Å². The van der Waals surface area contributed by atoms with Gasteiger partial charge in [-0.05, 0) is 18.9 Å². The van der Waals surface area contributed by atoms with E-state index in [-0.39, 0.29) is 36.0 Å². The zero-order valence-electron chi connectivity index (χ0n) is 11.5. The van der Waals surface area contributed by atoms with Gasteiger partial charge in [-0.1, -0.05) is 35.9 Å². The number of nitrogens with zero attached hydrogens (tertiary/aromatic N) is 1. The molecule has 1 aliphatic rings.